The third kappa shape index (κ3) is 2.67. The maximum atomic E-state index is 12.8. The fraction of sp³-hybridized carbons (Fsp3) is 0.176. The van der Waals surface area contributed by atoms with Crippen molar-refractivity contribution < 1.29 is 4.79 Å². The smallest absolute Gasteiger partial charge is 0.258 e. The Labute approximate surface area is 129 Å². The maximum Gasteiger partial charge on any atom is 0.258 e. The molecule has 106 valence electrons. The van der Waals surface area contributed by atoms with E-state index in [2.05, 4.69) is 6.07 Å². The average molecular weight is 296 g/mol. The van der Waals surface area contributed by atoms with Gasteiger partial charge in [0.2, 0.25) is 0 Å². The van der Waals surface area contributed by atoms with Gasteiger partial charge in [0.25, 0.3) is 5.91 Å². The molecule has 1 amide bonds. The van der Waals surface area contributed by atoms with Crippen LogP contribution in [0.15, 0.2) is 48.5 Å². The number of benzene rings is 2. The highest BCUT2D eigenvalue weighted by Gasteiger charge is 2.23. The van der Waals surface area contributed by atoms with Crippen LogP contribution in [-0.4, -0.2) is 17.4 Å². The minimum Gasteiger partial charge on any atom is -0.389 e. The number of aryl methyl sites for hydroxylation is 1. The normalized spacial score (nSPS) is 13.6. The fourth-order valence-corrected chi connectivity index (χ4v) is 2.83. The van der Waals surface area contributed by atoms with Crippen LogP contribution in [0.25, 0.3) is 0 Å². The molecule has 0 saturated heterocycles. The molecule has 3 nitrogen and oxygen atoms in total. The highest BCUT2D eigenvalue weighted by atomic mass is 32.1. The summed E-state index contributed by atoms with van der Waals surface area (Å²) >= 11 is 4.98. The van der Waals surface area contributed by atoms with Crippen LogP contribution in [0.1, 0.15) is 27.9 Å². The zero-order valence-corrected chi connectivity index (χ0v) is 12.4. The molecule has 1 heterocycles. The first-order valence-corrected chi connectivity index (χ1v) is 7.37. The Hall–Kier alpha value is -2.20. The summed E-state index contributed by atoms with van der Waals surface area (Å²) in [5.41, 5.74) is 9.22. The summed E-state index contributed by atoms with van der Waals surface area (Å²) in [6.07, 6.45) is 2.00. The number of nitrogens with zero attached hydrogens (tertiary/aromatic N) is 1. The number of anilines is 1. The first kappa shape index (κ1) is 13.8. The Kier molecular flexibility index (Phi) is 3.71. The monoisotopic (exact) mass is 296 g/mol. The number of nitrogens with two attached hydrogens (primary N) is 1. The van der Waals surface area contributed by atoms with Crippen LogP contribution in [-0.2, 0) is 6.42 Å². The molecule has 0 unspecified atom stereocenters. The molecule has 21 heavy (non-hydrogen) atoms. The summed E-state index contributed by atoms with van der Waals surface area (Å²) in [4.78, 5) is 14.9. The van der Waals surface area contributed by atoms with Crippen LogP contribution in [0.4, 0.5) is 5.69 Å². The SMILES string of the molecule is NC(=S)c1cccc(C(=O)N2CCCc3ccccc32)c1. The van der Waals surface area contributed by atoms with Gasteiger partial charge in [-0.3, -0.25) is 4.79 Å². The summed E-state index contributed by atoms with van der Waals surface area (Å²) in [5.74, 6) is 0.000231. The van der Waals surface area contributed by atoms with Crippen LogP contribution in [0, 0.1) is 0 Å². The van der Waals surface area contributed by atoms with E-state index in [-0.39, 0.29) is 5.91 Å². The van der Waals surface area contributed by atoms with Crippen molar-refractivity contribution in [2.24, 2.45) is 5.73 Å². The van der Waals surface area contributed by atoms with Crippen molar-refractivity contribution in [3.63, 3.8) is 0 Å². The minimum atomic E-state index is 0.000231. The van der Waals surface area contributed by atoms with E-state index < -0.39 is 0 Å². The molecule has 1 aliphatic heterocycles. The Morgan fingerprint density at radius 2 is 1.86 bits per heavy atom. The van der Waals surface area contributed by atoms with Gasteiger partial charge >= 0.3 is 0 Å². The van der Waals surface area contributed by atoms with Gasteiger partial charge in [-0.2, -0.15) is 0 Å². The number of hydrogen-bond acceptors (Lipinski definition) is 2. The molecule has 4 heteroatoms. The molecule has 0 saturated carbocycles. The van der Waals surface area contributed by atoms with Crippen LogP contribution in [0.2, 0.25) is 0 Å². The van der Waals surface area contributed by atoms with Crippen molar-refractivity contribution in [3.05, 3.63) is 65.2 Å². The fourth-order valence-electron chi connectivity index (χ4n) is 2.71. The molecule has 1 aliphatic rings. The third-order valence-electron chi connectivity index (χ3n) is 3.75. The average Bonchev–Trinajstić information content (AvgIpc) is 2.53. The molecular weight excluding hydrogens is 280 g/mol. The van der Waals surface area contributed by atoms with Gasteiger partial charge in [0.1, 0.15) is 4.99 Å². The predicted octanol–water partition coefficient (Wildman–Crippen LogP) is 2.91. The van der Waals surface area contributed by atoms with E-state index >= 15 is 0 Å². The van der Waals surface area contributed by atoms with Crippen LogP contribution >= 0.6 is 12.2 Å². The van der Waals surface area contributed by atoms with Crippen molar-refractivity contribution in [2.45, 2.75) is 12.8 Å². The molecule has 2 N–H and O–H groups in total. The van der Waals surface area contributed by atoms with Crippen molar-refractivity contribution in [3.8, 4) is 0 Å². The van der Waals surface area contributed by atoms with Gasteiger partial charge in [-0.05, 0) is 36.6 Å². The van der Waals surface area contributed by atoms with Gasteiger partial charge in [-0.25, -0.2) is 0 Å². The van der Waals surface area contributed by atoms with Gasteiger partial charge in [-0.1, -0.05) is 42.5 Å². The third-order valence-corrected chi connectivity index (χ3v) is 3.99. The lowest BCUT2D eigenvalue weighted by molar-refractivity contribution is 0.0985. The van der Waals surface area contributed by atoms with Gasteiger partial charge in [0.05, 0.1) is 0 Å². The number of carbonyl (C=O) groups is 1. The summed E-state index contributed by atoms with van der Waals surface area (Å²) in [6.45, 7) is 0.743. The van der Waals surface area contributed by atoms with Crippen molar-refractivity contribution in [1.82, 2.24) is 0 Å². The summed E-state index contributed by atoms with van der Waals surface area (Å²) in [7, 11) is 0. The van der Waals surface area contributed by atoms with Crippen molar-refractivity contribution in [1.29, 1.82) is 0 Å². The number of fused-ring (bicyclic) bond motifs is 1. The minimum absolute atomic E-state index is 0.000231. The van der Waals surface area contributed by atoms with E-state index in [1.54, 1.807) is 12.1 Å². The van der Waals surface area contributed by atoms with E-state index in [4.69, 9.17) is 18.0 Å². The lowest BCUT2D eigenvalue weighted by Crippen LogP contribution is -2.35. The summed E-state index contributed by atoms with van der Waals surface area (Å²) in [5, 5.41) is 0. The largest absolute Gasteiger partial charge is 0.389 e. The second kappa shape index (κ2) is 5.66. The quantitative estimate of drug-likeness (QED) is 0.867. The molecular formula is C17H16N2OS. The topological polar surface area (TPSA) is 46.3 Å². The zero-order valence-electron chi connectivity index (χ0n) is 11.6. The first-order valence-electron chi connectivity index (χ1n) is 6.96. The highest BCUT2D eigenvalue weighted by molar-refractivity contribution is 7.80. The molecule has 3 rings (SSSR count). The van der Waals surface area contributed by atoms with Crippen molar-refractivity contribution in [2.75, 3.05) is 11.4 Å². The molecule has 2 aromatic carbocycles. The summed E-state index contributed by atoms with van der Waals surface area (Å²) < 4.78 is 0. The molecule has 0 fully saturated rings. The molecule has 0 aromatic heterocycles. The van der Waals surface area contributed by atoms with E-state index in [0.717, 1.165) is 30.6 Å². The van der Waals surface area contributed by atoms with Gasteiger partial charge < -0.3 is 10.6 Å². The lowest BCUT2D eigenvalue weighted by Gasteiger charge is -2.29. The Morgan fingerprint density at radius 1 is 1.10 bits per heavy atom. The zero-order chi connectivity index (χ0) is 14.8. The number of amides is 1. The molecule has 0 aliphatic carbocycles. The predicted molar refractivity (Wildman–Crippen MR) is 88.8 cm³/mol. The standard InChI is InChI=1S/C17H16N2OS/c18-16(21)13-6-3-7-14(11-13)17(20)19-10-4-8-12-5-1-2-9-15(12)19/h1-3,5-7,9,11H,4,8,10H2,(H2,18,21). The highest BCUT2D eigenvalue weighted by Crippen LogP contribution is 2.28. The van der Waals surface area contributed by atoms with E-state index in [9.17, 15) is 4.79 Å². The van der Waals surface area contributed by atoms with Gasteiger partial charge in [-0.15, -0.1) is 0 Å². The Morgan fingerprint density at radius 3 is 2.67 bits per heavy atom. The number of carbonyl (C=O) groups excluding carboxylic acids is 1. The Balaban J connectivity index is 1.96. The number of rotatable bonds is 2. The van der Waals surface area contributed by atoms with E-state index in [1.807, 2.05) is 35.2 Å². The van der Waals surface area contributed by atoms with Gasteiger partial charge in [0.15, 0.2) is 0 Å². The second-order valence-corrected chi connectivity index (χ2v) is 5.57. The van der Waals surface area contributed by atoms with E-state index in [1.165, 1.54) is 5.56 Å². The van der Waals surface area contributed by atoms with Crippen LogP contribution < -0.4 is 10.6 Å². The number of thiocarbonyl (C=S) groups is 1. The van der Waals surface area contributed by atoms with E-state index in [0.29, 0.717) is 10.6 Å². The van der Waals surface area contributed by atoms with Crippen LogP contribution in [0.5, 0.6) is 0 Å². The lowest BCUT2D eigenvalue weighted by atomic mass is 10.0. The maximum absolute atomic E-state index is 12.8. The molecule has 0 spiro atoms. The summed E-state index contributed by atoms with van der Waals surface area (Å²) in [6, 6.07) is 15.3. The molecule has 0 radical (unpaired) electrons. The molecule has 0 bridgehead atoms. The van der Waals surface area contributed by atoms with Gasteiger partial charge in [0, 0.05) is 23.4 Å². The number of para-hydroxylation sites is 1. The van der Waals surface area contributed by atoms with Crippen molar-refractivity contribution >= 4 is 28.8 Å². The van der Waals surface area contributed by atoms with Crippen LogP contribution in [0.3, 0.4) is 0 Å². The molecule has 2 aromatic rings. The number of hydrogen-bond donors (Lipinski definition) is 1. The first-order chi connectivity index (χ1) is 10.2. The Bertz CT molecular complexity index is 711. The second-order valence-electron chi connectivity index (χ2n) is 5.13. The molecule has 0 atom stereocenters.